The van der Waals surface area contributed by atoms with Crippen LogP contribution in [0, 0.1) is 5.82 Å². The summed E-state index contributed by atoms with van der Waals surface area (Å²) in [5.74, 6) is 1.18. The number of carbonyl (C=O) groups excluding carboxylic acids is 1. The van der Waals surface area contributed by atoms with Gasteiger partial charge in [0, 0.05) is 5.56 Å². The summed E-state index contributed by atoms with van der Waals surface area (Å²) in [4.78, 5) is 12.1. The molecule has 0 aliphatic carbocycles. The molecule has 0 saturated carbocycles. The molecule has 0 amide bonds. The minimum absolute atomic E-state index is 0.161. The molecule has 4 heteroatoms. The minimum atomic E-state index is -0.356. The Morgan fingerprint density at radius 1 is 0.727 bits per heavy atom. The van der Waals surface area contributed by atoms with Gasteiger partial charge in [0.15, 0.2) is 5.78 Å². The molecule has 170 valence electrons. The van der Waals surface area contributed by atoms with Crippen molar-refractivity contribution in [3.05, 3.63) is 108 Å². The van der Waals surface area contributed by atoms with E-state index < -0.39 is 0 Å². The molecule has 0 aliphatic heterocycles. The van der Waals surface area contributed by atoms with Crippen molar-refractivity contribution in [2.24, 2.45) is 0 Å². The SMILES string of the molecule is C=Cc1ccc(OCCCCCCOc2ccc(C=CC(=O)c3ccc(F)cc3)cc2)cc1. The molecule has 0 spiro atoms. The number of ketones is 1. The first kappa shape index (κ1) is 24.0. The first-order valence-corrected chi connectivity index (χ1v) is 11.2. The van der Waals surface area contributed by atoms with Gasteiger partial charge in [0.25, 0.3) is 0 Å². The summed E-state index contributed by atoms with van der Waals surface area (Å²) in [5, 5.41) is 0. The topological polar surface area (TPSA) is 35.5 Å². The van der Waals surface area contributed by atoms with E-state index >= 15 is 0 Å². The van der Waals surface area contributed by atoms with Gasteiger partial charge in [-0.25, -0.2) is 4.39 Å². The molecule has 3 aromatic carbocycles. The van der Waals surface area contributed by atoms with Crippen LogP contribution >= 0.6 is 0 Å². The van der Waals surface area contributed by atoms with Crippen LogP contribution in [0.15, 0.2) is 85.5 Å². The Hall–Kier alpha value is -3.66. The molecule has 0 atom stereocenters. The van der Waals surface area contributed by atoms with Crippen LogP contribution in [0.5, 0.6) is 11.5 Å². The first-order valence-electron chi connectivity index (χ1n) is 11.2. The Morgan fingerprint density at radius 3 is 1.76 bits per heavy atom. The summed E-state index contributed by atoms with van der Waals surface area (Å²) in [6.45, 7) is 5.13. The minimum Gasteiger partial charge on any atom is -0.494 e. The van der Waals surface area contributed by atoms with Crippen molar-refractivity contribution in [1.29, 1.82) is 0 Å². The van der Waals surface area contributed by atoms with E-state index in [0.717, 1.165) is 48.3 Å². The molecule has 3 nitrogen and oxygen atoms in total. The van der Waals surface area contributed by atoms with Gasteiger partial charge in [-0.1, -0.05) is 43.0 Å². The highest BCUT2D eigenvalue weighted by molar-refractivity contribution is 6.06. The van der Waals surface area contributed by atoms with Crippen LogP contribution in [0.4, 0.5) is 4.39 Å². The quantitative estimate of drug-likeness (QED) is 0.157. The number of benzene rings is 3. The molecule has 3 aromatic rings. The second-order valence-electron chi connectivity index (χ2n) is 7.66. The van der Waals surface area contributed by atoms with Gasteiger partial charge in [-0.3, -0.25) is 4.79 Å². The van der Waals surface area contributed by atoms with Crippen LogP contribution in [-0.2, 0) is 0 Å². The molecule has 0 heterocycles. The van der Waals surface area contributed by atoms with Crippen LogP contribution in [-0.4, -0.2) is 19.0 Å². The highest BCUT2D eigenvalue weighted by atomic mass is 19.1. The highest BCUT2D eigenvalue weighted by Crippen LogP contribution is 2.16. The summed E-state index contributed by atoms with van der Waals surface area (Å²) < 4.78 is 24.5. The van der Waals surface area contributed by atoms with E-state index in [9.17, 15) is 9.18 Å². The number of rotatable bonds is 13. The van der Waals surface area contributed by atoms with E-state index in [1.54, 1.807) is 6.08 Å². The Morgan fingerprint density at radius 2 is 1.24 bits per heavy atom. The maximum absolute atomic E-state index is 12.9. The van der Waals surface area contributed by atoms with Crippen molar-refractivity contribution >= 4 is 17.9 Å². The van der Waals surface area contributed by atoms with Gasteiger partial charge in [-0.2, -0.15) is 0 Å². The van der Waals surface area contributed by atoms with Crippen molar-refractivity contribution in [2.45, 2.75) is 25.7 Å². The third-order valence-corrected chi connectivity index (χ3v) is 5.13. The predicted molar refractivity (Wildman–Crippen MR) is 132 cm³/mol. The van der Waals surface area contributed by atoms with Crippen molar-refractivity contribution in [3.63, 3.8) is 0 Å². The maximum atomic E-state index is 12.9. The molecular formula is C29H29FO3. The fourth-order valence-corrected chi connectivity index (χ4v) is 3.20. The van der Waals surface area contributed by atoms with Crippen LogP contribution in [0.1, 0.15) is 47.2 Å². The first-order chi connectivity index (χ1) is 16.1. The van der Waals surface area contributed by atoms with Gasteiger partial charge < -0.3 is 9.47 Å². The van der Waals surface area contributed by atoms with Crippen LogP contribution in [0.25, 0.3) is 12.2 Å². The Labute approximate surface area is 195 Å². The zero-order valence-corrected chi connectivity index (χ0v) is 18.7. The Balaban J connectivity index is 1.28. The number of hydrogen-bond acceptors (Lipinski definition) is 3. The molecule has 0 aliphatic rings. The molecule has 0 fully saturated rings. The van der Waals surface area contributed by atoms with Gasteiger partial charge in [-0.05, 0) is 91.4 Å². The third kappa shape index (κ3) is 8.41. The normalized spacial score (nSPS) is 10.8. The van der Waals surface area contributed by atoms with Crippen molar-refractivity contribution < 1.29 is 18.7 Å². The Kier molecular flexibility index (Phi) is 9.46. The second-order valence-corrected chi connectivity index (χ2v) is 7.66. The van der Waals surface area contributed by atoms with Gasteiger partial charge in [0.1, 0.15) is 17.3 Å². The summed E-state index contributed by atoms with van der Waals surface area (Å²) in [7, 11) is 0. The molecule has 0 saturated heterocycles. The van der Waals surface area contributed by atoms with Crippen LogP contribution < -0.4 is 9.47 Å². The lowest BCUT2D eigenvalue weighted by Gasteiger charge is -2.08. The maximum Gasteiger partial charge on any atom is 0.185 e. The van der Waals surface area contributed by atoms with Crippen molar-refractivity contribution in [2.75, 3.05) is 13.2 Å². The summed E-state index contributed by atoms with van der Waals surface area (Å²) in [5.41, 5.74) is 2.45. The average Bonchev–Trinajstić information content (AvgIpc) is 2.85. The second kappa shape index (κ2) is 13.0. The lowest BCUT2D eigenvalue weighted by Crippen LogP contribution is -2.00. The van der Waals surface area contributed by atoms with Gasteiger partial charge in [0.2, 0.25) is 0 Å². The van der Waals surface area contributed by atoms with E-state index in [4.69, 9.17) is 9.47 Å². The van der Waals surface area contributed by atoms with Crippen LogP contribution in [0.2, 0.25) is 0 Å². The Bertz CT molecular complexity index is 1040. The lowest BCUT2D eigenvalue weighted by atomic mass is 10.1. The van der Waals surface area contributed by atoms with E-state index in [2.05, 4.69) is 6.58 Å². The summed E-state index contributed by atoms with van der Waals surface area (Å²) in [6.07, 6.45) is 9.24. The molecular weight excluding hydrogens is 415 g/mol. The van der Waals surface area contributed by atoms with Crippen LogP contribution in [0.3, 0.4) is 0 Å². The number of hydrogen-bond donors (Lipinski definition) is 0. The zero-order chi connectivity index (χ0) is 23.3. The molecule has 0 aromatic heterocycles. The fraction of sp³-hybridized carbons (Fsp3) is 0.207. The molecule has 0 N–H and O–H groups in total. The monoisotopic (exact) mass is 444 g/mol. The van der Waals surface area contributed by atoms with E-state index in [1.165, 1.54) is 30.3 Å². The number of unbranched alkanes of at least 4 members (excludes halogenated alkanes) is 3. The van der Waals surface area contributed by atoms with E-state index in [-0.39, 0.29) is 11.6 Å². The van der Waals surface area contributed by atoms with Crippen molar-refractivity contribution in [1.82, 2.24) is 0 Å². The predicted octanol–water partition coefficient (Wildman–Crippen LogP) is 7.38. The lowest BCUT2D eigenvalue weighted by molar-refractivity contribution is 0.104. The number of carbonyl (C=O) groups is 1. The third-order valence-electron chi connectivity index (χ3n) is 5.13. The van der Waals surface area contributed by atoms with Gasteiger partial charge >= 0.3 is 0 Å². The molecule has 0 bridgehead atoms. The summed E-state index contributed by atoms with van der Waals surface area (Å²) >= 11 is 0. The molecule has 33 heavy (non-hydrogen) atoms. The number of ether oxygens (including phenoxy) is 2. The molecule has 0 radical (unpaired) electrons. The highest BCUT2D eigenvalue weighted by Gasteiger charge is 2.02. The van der Waals surface area contributed by atoms with E-state index in [0.29, 0.717) is 18.8 Å². The van der Waals surface area contributed by atoms with E-state index in [1.807, 2.05) is 54.6 Å². The fourth-order valence-electron chi connectivity index (χ4n) is 3.20. The standard InChI is InChI=1S/C29H29FO3/c1-2-23-7-16-27(17-8-23)32-21-5-3-4-6-22-33-28-18-9-24(10-19-28)11-20-29(31)25-12-14-26(30)15-13-25/h2,7-20H,1,3-6,21-22H2. The summed E-state index contributed by atoms with van der Waals surface area (Å²) in [6, 6.07) is 21.1. The van der Waals surface area contributed by atoms with Gasteiger partial charge in [0.05, 0.1) is 13.2 Å². The van der Waals surface area contributed by atoms with Crippen molar-refractivity contribution in [3.8, 4) is 11.5 Å². The smallest absolute Gasteiger partial charge is 0.185 e. The molecule has 3 rings (SSSR count). The average molecular weight is 445 g/mol. The largest absolute Gasteiger partial charge is 0.494 e. The number of allylic oxidation sites excluding steroid dienone is 1. The molecule has 0 unspecified atom stereocenters. The van der Waals surface area contributed by atoms with Gasteiger partial charge in [-0.15, -0.1) is 0 Å². The zero-order valence-electron chi connectivity index (χ0n) is 18.7. The number of halogens is 1.